The number of benzene rings is 1. The lowest BCUT2D eigenvalue weighted by atomic mass is 10.1. The normalized spacial score (nSPS) is 11.2. The lowest BCUT2D eigenvalue weighted by molar-refractivity contribution is -0.559. The standard InChI is InChI=1S/C14H11NO2S/c1-8-7-12-15(11-6-4-3-5-10(8)11)14(17)13(18-12)9(2)16/h3-7H,1-2H3. The van der Waals surface area contributed by atoms with E-state index in [-0.39, 0.29) is 11.7 Å². The molecule has 2 heterocycles. The molecule has 0 bridgehead atoms. The highest BCUT2D eigenvalue weighted by Gasteiger charge is 2.20. The number of pyridine rings is 1. The maximum absolute atomic E-state index is 12.2. The van der Waals surface area contributed by atoms with Gasteiger partial charge in [-0.2, -0.15) is 4.40 Å². The maximum Gasteiger partial charge on any atom is 0.268 e. The van der Waals surface area contributed by atoms with Crippen LogP contribution in [-0.2, 0) is 0 Å². The van der Waals surface area contributed by atoms with Crippen LogP contribution in [0.3, 0.4) is 0 Å². The molecule has 18 heavy (non-hydrogen) atoms. The molecule has 0 aliphatic heterocycles. The minimum Gasteiger partial charge on any atom is -0.822 e. The number of Topliss-reactive ketones (excluding diaryl/α,β-unsaturated/α-hetero) is 1. The Morgan fingerprint density at radius 1 is 1.33 bits per heavy atom. The van der Waals surface area contributed by atoms with Gasteiger partial charge in [0.25, 0.3) is 4.83 Å². The molecule has 0 unspecified atom stereocenters. The number of ketones is 1. The SMILES string of the molecule is CC(=O)c1sc2cc(C)c3ccccc3[n+]2c1[O-]. The summed E-state index contributed by atoms with van der Waals surface area (Å²) >= 11 is 1.26. The van der Waals surface area contributed by atoms with E-state index >= 15 is 0 Å². The Balaban J connectivity index is 2.57. The van der Waals surface area contributed by atoms with E-state index in [1.54, 1.807) is 4.40 Å². The minimum absolute atomic E-state index is 0.171. The van der Waals surface area contributed by atoms with Crippen molar-refractivity contribution in [1.29, 1.82) is 0 Å². The highest BCUT2D eigenvalue weighted by Crippen LogP contribution is 2.26. The topological polar surface area (TPSA) is 44.2 Å². The second-order valence-electron chi connectivity index (χ2n) is 4.31. The van der Waals surface area contributed by atoms with Crippen LogP contribution in [0.25, 0.3) is 15.7 Å². The lowest BCUT2D eigenvalue weighted by Crippen LogP contribution is -2.26. The highest BCUT2D eigenvalue weighted by molar-refractivity contribution is 7.19. The first kappa shape index (κ1) is 11.2. The van der Waals surface area contributed by atoms with Gasteiger partial charge in [0.1, 0.15) is 4.88 Å². The molecule has 1 aromatic carbocycles. The average molecular weight is 257 g/mol. The number of aryl methyl sites for hydroxylation is 1. The molecule has 0 fully saturated rings. The summed E-state index contributed by atoms with van der Waals surface area (Å²) < 4.78 is 1.63. The molecule has 0 saturated heterocycles. The average Bonchev–Trinajstić information content (AvgIpc) is 2.67. The predicted molar refractivity (Wildman–Crippen MR) is 69.2 cm³/mol. The van der Waals surface area contributed by atoms with Crippen molar-refractivity contribution < 1.29 is 14.3 Å². The fourth-order valence-corrected chi connectivity index (χ4v) is 3.24. The molecule has 0 amide bonds. The van der Waals surface area contributed by atoms with Crippen LogP contribution in [0.1, 0.15) is 22.2 Å². The van der Waals surface area contributed by atoms with Gasteiger partial charge >= 0.3 is 0 Å². The molecule has 3 aromatic rings. The number of hydrogen-bond donors (Lipinski definition) is 0. The van der Waals surface area contributed by atoms with E-state index in [0.29, 0.717) is 4.88 Å². The quantitative estimate of drug-likeness (QED) is 0.495. The van der Waals surface area contributed by atoms with E-state index in [9.17, 15) is 9.90 Å². The van der Waals surface area contributed by atoms with Crippen molar-refractivity contribution in [3.63, 3.8) is 0 Å². The van der Waals surface area contributed by atoms with Gasteiger partial charge in [0, 0.05) is 24.4 Å². The molecule has 0 aliphatic carbocycles. The molecule has 3 nitrogen and oxygen atoms in total. The van der Waals surface area contributed by atoms with Crippen LogP contribution < -0.4 is 9.51 Å². The smallest absolute Gasteiger partial charge is 0.268 e. The summed E-state index contributed by atoms with van der Waals surface area (Å²) in [6.07, 6.45) is 0. The molecule has 0 aliphatic rings. The zero-order valence-electron chi connectivity index (χ0n) is 10.1. The van der Waals surface area contributed by atoms with Crippen molar-refractivity contribution in [3.8, 4) is 5.88 Å². The van der Waals surface area contributed by atoms with Gasteiger partial charge < -0.3 is 5.11 Å². The molecule has 0 radical (unpaired) electrons. The van der Waals surface area contributed by atoms with Crippen molar-refractivity contribution in [3.05, 3.63) is 40.8 Å². The number of nitrogens with zero attached hydrogens (tertiary/aromatic N) is 1. The number of hydrogen-bond acceptors (Lipinski definition) is 3. The summed E-state index contributed by atoms with van der Waals surface area (Å²) in [5.74, 6) is -0.380. The number of para-hydroxylation sites is 1. The van der Waals surface area contributed by atoms with E-state index in [4.69, 9.17) is 0 Å². The number of aromatic nitrogens is 1. The first-order chi connectivity index (χ1) is 8.59. The van der Waals surface area contributed by atoms with Crippen LogP contribution in [-0.4, -0.2) is 5.78 Å². The summed E-state index contributed by atoms with van der Waals surface area (Å²) in [6, 6.07) is 9.71. The summed E-state index contributed by atoms with van der Waals surface area (Å²) in [7, 11) is 0. The van der Waals surface area contributed by atoms with Crippen molar-refractivity contribution in [2.45, 2.75) is 13.8 Å². The Morgan fingerprint density at radius 3 is 2.78 bits per heavy atom. The van der Waals surface area contributed by atoms with Gasteiger partial charge in [0.05, 0.1) is 0 Å². The second-order valence-corrected chi connectivity index (χ2v) is 5.34. The van der Waals surface area contributed by atoms with Crippen LogP contribution >= 0.6 is 11.3 Å². The fourth-order valence-electron chi connectivity index (χ4n) is 2.21. The van der Waals surface area contributed by atoms with E-state index in [2.05, 4.69) is 0 Å². The molecule has 0 N–H and O–H groups in total. The first-order valence-corrected chi connectivity index (χ1v) is 6.46. The molecule has 3 rings (SSSR count). The molecular weight excluding hydrogens is 246 g/mol. The van der Waals surface area contributed by atoms with Gasteiger partial charge in [-0.1, -0.05) is 23.5 Å². The predicted octanol–water partition coefficient (Wildman–Crippen LogP) is 2.22. The van der Waals surface area contributed by atoms with Crippen molar-refractivity contribution in [1.82, 2.24) is 0 Å². The minimum atomic E-state index is -0.210. The van der Waals surface area contributed by atoms with Crippen molar-refractivity contribution in [2.24, 2.45) is 0 Å². The van der Waals surface area contributed by atoms with Crippen molar-refractivity contribution in [2.75, 3.05) is 0 Å². The fraction of sp³-hybridized carbons (Fsp3) is 0.143. The van der Waals surface area contributed by atoms with Crippen LogP contribution in [0.4, 0.5) is 0 Å². The largest absolute Gasteiger partial charge is 0.822 e. The highest BCUT2D eigenvalue weighted by atomic mass is 32.1. The second kappa shape index (κ2) is 3.78. The zero-order chi connectivity index (χ0) is 12.9. The van der Waals surface area contributed by atoms with E-state index in [1.807, 2.05) is 37.3 Å². The van der Waals surface area contributed by atoms with Gasteiger partial charge in [0.15, 0.2) is 11.7 Å². The molecule has 4 heteroatoms. The molecule has 90 valence electrons. The van der Waals surface area contributed by atoms with Crippen LogP contribution in [0.5, 0.6) is 5.88 Å². The van der Waals surface area contributed by atoms with Crippen LogP contribution in [0.2, 0.25) is 0 Å². The lowest BCUT2D eigenvalue weighted by Gasteiger charge is -2.01. The van der Waals surface area contributed by atoms with Crippen LogP contribution in [0, 0.1) is 6.92 Å². The van der Waals surface area contributed by atoms with Gasteiger partial charge in [-0.15, -0.1) is 0 Å². The van der Waals surface area contributed by atoms with Gasteiger partial charge in [-0.05, 0) is 18.6 Å². The van der Waals surface area contributed by atoms with Gasteiger partial charge in [0.2, 0.25) is 5.52 Å². The summed E-state index contributed by atoms with van der Waals surface area (Å²) in [5.41, 5.74) is 1.98. The Hall–Kier alpha value is -1.94. The molecule has 0 saturated carbocycles. The zero-order valence-corrected chi connectivity index (χ0v) is 10.9. The van der Waals surface area contributed by atoms with Crippen LogP contribution in [0.15, 0.2) is 30.3 Å². The third-order valence-corrected chi connectivity index (χ3v) is 4.23. The maximum atomic E-state index is 12.2. The van der Waals surface area contributed by atoms with E-state index in [0.717, 1.165) is 21.3 Å². The Labute approximate surface area is 108 Å². The Bertz CT molecular complexity index is 789. The molecule has 0 atom stereocenters. The summed E-state index contributed by atoms with van der Waals surface area (Å²) in [6.45, 7) is 3.45. The van der Waals surface area contributed by atoms with Gasteiger partial charge in [-0.3, -0.25) is 4.79 Å². The van der Waals surface area contributed by atoms with E-state index < -0.39 is 0 Å². The number of thiazole rings is 1. The number of carbonyl (C=O) groups is 1. The van der Waals surface area contributed by atoms with Gasteiger partial charge in [-0.25, -0.2) is 0 Å². The monoisotopic (exact) mass is 257 g/mol. The number of carbonyl (C=O) groups excluding carboxylic acids is 1. The molecular formula is C14H11NO2S. The van der Waals surface area contributed by atoms with Crippen molar-refractivity contribution >= 4 is 32.9 Å². The van der Waals surface area contributed by atoms with E-state index in [1.165, 1.54) is 18.3 Å². The third kappa shape index (κ3) is 1.42. The number of fused-ring (bicyclic) bond motifs is 3. The third-order valence-electron chi connectivity index (χ3n) is 3.05. The number of rotatable bonds is 1. The Morgan fingerprint density at radius 2 is 2.06 bits per heavy atom. The molecule has 2 aromatic heterocycles. The molecule has 0 spiro atoms. The summed E-state index contributed by atoms with van der Waals surface area (Å²) in [4.78, 5) is 12.6. The Kier molecular flexibility index (Phi) is 2.35. The first-order valence-electron chi connectivity index (χ1n) is 5.64. The summed E-state index contributed by atoms with van der Waals surface area (Å²) in [5, 5.41) is 13.3.